The van der Waals surface area contributed by atoms with Crippen molar-refractivity contribution in [3.8, 4) is 0 Å². The molecule has 3 rings (SSSR count). The summed E-state index contributed by atoms with van der Waals surface area (Å²) in [5.41, 5.74) is 1.18. The molecular weight excluding hydrogens is 316 g/mol. The molecule has 1 aliphatic heterocycles. The summed E-state index contributed by atoms with van der Waals surface area (Å²) in [6.07, 6.45) is 5.49. The zero-order valence-electron chi connectivity index (χ0n) is 12.1. The molecule has 1 saturated carbocycles. The van der Waals surface area contributed by atoms with Crippen LogP contribution >= 0.6 is 15.9 Å². The maximum absolute atomic E-state index is 12.1. The van der Waals surface area contributed by atoms with Crippen molar-refractivity contribution >= 4 is 27.5 Å². The minimum absolute atomic E-state index is 0.0285. The second-order valence-corrected chi connectivity index (χ2v) is 5.93. The van der Waals surface area contributed by atoms with Gasteiger partial charge in [-0.05, 0) is 37.8 Å². The molecule has 1 N–H and O–H groups in total. The Morgan fingerprint density at radius 3 is 2.30 bits per heavy atom. The molecular formula is C16H21BrN2O. The van der Waals surface area contributed by atoms with Crippen molar-refractivity contribution in [3.63, 3.8) is 0 Å². The van der Waals surface area contributed by atoms with Crippen molar-refractivity contribution in [1.29, 1.82) is 0 Å². The number of halogens is 1. The summed E-state index contributed by atoms with van der Waals surface area (Å²) in [4.78, 5) is 16.8. The smallest absolute Gasteiger partial charge is 0.272 e. The van der Waals surface area contributed by atoms with Crippen LogP contribution in [0.15, 0.2) is 33.7 Å². The van der Waals surface area contributed by atoms with Gasteiger partial charge < -0.3 is 5.32 Å². The summed E-state index contributed by atoms with van der Waals surface area (Å²) in [6, 6.07) is 7.75. The molecule has 0 unspecified atom stereocenters. The summed E-state index contributed by atoms with van der Waals surface area (Å²) < 4.78 is 1.01. The first-order valence-electron chi connectivity index (χ1n) is 7.37. The van der Waals surface area contributed by atoms with Crippen molar-refractivity contribution in [2.75, 3.05) is 0 Å². The Hall–Kier alpha value is -1.16. The average molecular weight is 337 g/mol. The largest absolute Gasteiger partial charge is 0.326 e. The summed E-state index contributed by atoms with van der Waals surface area (Å²) in [7, 11) is 0. The number of benzene rings is 1. The van der Waals surface area contributed by atoms with Gasteiger partial charge in [0.05, 0.1) is 0 Å². The van der Waals surface area contributed by atoms with Crippen LogP contribution in [-0.4, -0.2) is 17.3 Å². The predicted molar refractivity (Wildman–Crippen MR) is 86.0 cm³/mol. The molecule has 0 atom stereocenters. The van der Waals surface area contributed by atoms with Gasteiger partial charge in [0.15, 0.2) is 0 Å². The van der Waals surface area contributed by atoms with Crippen LogP contribution in [0.25, 0.3) is 0 Å². The zero-order chi connectivity index (χ0) is 14.6. The van der Waals surface area contributed by atoms with E-state index >= 15 is 0 Å². The van der Waals surface area contributed by atoms with Crippen LogP contribution in [0.4, 0.5) is 0 Å². The van der Waals surface area contributed by atoms with E-state index < -0.39 is 0 Å². The van der Waals surface area contributed by atoms with Gasteiger partial charge in [-0.15, -0.1) is 0 Å². The van der Waals surface area contributed by atoms with Crippen LogP contribution < -0.4 is 5.32 Å². The Morgan fingerprint density at radius 2 is 1.70 bits per heavy atom. The third kappa shape index (κ3) is 3.11. The normalized spacial score (nSPS) is 19.9. The van der Waals surface area contributed by atoms with Gasteiger partial charge in [-0.3, -0.25) is 9.79 Å². The minimum Gasteiger partial charge on any atom is -0.326 e. The third-order valence-corrected chi connectivity index (χ3v) is 4.21. The standard InChI is InChI=1S/C14H15BrN2O.C2H6/c15-11-6-4-10(5-7-11)12-13(18)17-14(16-12)8-2-1-3-9-14;1-2/h4-7H,1-3,8-9H2,(H,17,18);1-2H3. The molecule has 2 aliphatic rings. The fourth-order valence-electron chi connectivity index (χ4n) is 2.74. The molecule has 1 heterocycles. The number of nitrogens with one attached hydrogen (secondary N) is 1. The van der Waals surface area contributed by atoms with Gasteiger partial charge in [-0.1, -0.05) is 48.3 Å². The lowest BCUT2D eigenvalue weighted by atomic mass is 9.90. The van der Waals surface area contributed by atoms with E-state index in [1.807, 2.05) is 38.1 Å². The maximum Gasteiger partial charge on any atom is 0.272 e. The lowest BCUT2D eigenvalue weighted by molar-refractivity contribution is -0.115. The summed E-state index contributed by atoms with van der Waals surface area (Å²) in [5.74, 6) is -0.0285. The van der Waals surface area contributed by atoms with Crippen LogP contribution in [0.3, 0.4) is 0 Å². The van der Waals surface area contributed by atoms with Gasteiger partial charge in [-0.25, -0.2) is 0 Å². The molecule has 1 amide bonds. The van der Waals surface area contributed by atoms with Crippen molar-refractivity contribution in [2.24, 2.45) is 4.99 Å². The van der Waals surface area contributed by atoms with Gasteiger partial charge >= 0.3 is 0 Å². The number of amides is 1. The summed E-state index contributed by atoms with van der Waals surface area (Å²) >= 11 is 3.40. The van der Waals surface area contributed by atoms with Gasteiger partial charge in [-0.2, -0.15) is 0 Å². The highest BCUT2D eigenvalue weighted by molar-refractivity contribution is 9.10. The molecule has 1 aromatic carbocycles. The molecule has 0 radical (unpaired) electrons. The molecule has 3 nitrogen and oxygen atoms in total. The Morgan fingerprint density at radius 1 is 1.10 bits per heavy atom. The van der Waals surface area contributed by atoms with Gasteiger partial charge in [0.2, 0.25) is 0 Å². The highest BCUT2D eigenvalue weighted by Crippen LogP contribution is 2.33. The number of hydrogen-bond acceptors (Lipinski definition) is 2. The second kappa shape index (κ2) is 6.53. The first-order valence-corrected chi connectivity index (χ1v) is 8.16. The van der Waals surface area contributed by atoms with Crippen LogP contribution in [0, 0.1) is 0 Å². The number of rotatable bonds is 1. The number of carbonyl (C=O) groups excluding carboxylic acids is 1. The van der Waals surface area contributed by atoms with E-state index in [1.54, 1.807) is 0 Å². The van der Waals surface area contributed by atoms with E-state index in [0.717, 1.165) is 35.7 Å². The molecule has 1 aliphatic carbocycles. The molecule has 0 saturated heterocycles. The van der Waals surface area contributed by atoms with E-state index in [2.05, 4.69) is 21.2 Å². The first-order chi connectivity index (χ1) is 9.69. The first kappa shape index (κ1) is 15.2. The number of carbonyl (C=O) groups is 1. The van der Waals surface area contributed by atoms with E-state index in [0.29, 0.717) is 5.71 Å². The topological polar surface area (TPSA) is 41.5 Å². The predicted octanol–water partition coefficient (Wildman–Crippen LogP) is 4.05. The molecule has 1 spiro atoms. The van der Waals surface area contributed by atoms with E-state index in [1.165, 1.54) is 6.42 Å². The van der Waals surface area contributed by atoms with Crippen molar-refractivity contribution < 1.29 is 4.79 Å². The van der Waals surface area contributed by atoms with E-state index in [9.17, 15) is 4.79 Å². The summed E-state index contributed by atoms with van der Waals surface area (Å²) in [5, 5.41) is 3.08. The number of aliphatic imine (C=N–C) groups is 1. The fourth-order valence-corrected chi connectivity index (χ4v) is 3.00. The van der Waals surface area contributed by atoms with Crippen LogP contribution in [0.1, 0.15) is 51.5 Å². The van der Waals surface area contributed by atoms with Crippen molar-refractivity contribution in [2.45, 2.75) is 51.6 Å². The average Bonchev–Trinajstić information content (AvgIpc) is 2.79. The lowest BCUT2D eigenvalue weighted by Crippen LogP contribution is -2.43. The van der Waals surface area contributed by atoms with Crippen molar-refractivity contribution in [3.05, 3.63) is 34.3 Å². The maximum atomic E-state index is 12.1. The van der Waals surface area contributed by atoms with E-state index in [4.69, 9.17) is 4.99 Å². The Kier molecular flexibility index (Phi) is 4.97. The highest BCUT2D eigenvalue weighted by atomic mass is 79.9. The third-order valence-electron chi connectivity index (χ3n) is 3.69. The Bertz CT molecular complexity index is 502. The van der Waals surface area contributed by atoms with Crippen molar-refractivity contribution in [1.82, 2.24) is 5.32 Å². The summed E-state index contributed by atoms with van der Waals surface area (Å²) in [6.45, 7) is 4.00. The number of nitrogens with zero attached hydrogens (tertiary/aromatic N) is 1. The van der Waals surface area contributed by atoms with Gasteiger partial charge in [0.25, 0.3) is 5.91 Å². The lowest BCUT2D eigenvalue weighted by Gasteiger charge is -2.30. The molecule has 1 fully saturated rings. The molecule has 20 heavy (non-hydrogen) atoms. The minimum atomic E-state index is -0.308. The van der Waals surface area contributed by atoms with E-state index in [-0.39, 0.29) is 11.6 Å². The van der Waals surface area contributed by atoms with Gasteiger partial charge in [0.1, 0.15) is 11.4 Å². The zero-order valence-corrected chi connectivity index (χ0v) is 13.7. The Labute approximate surface area is 129 Å². The van der Waals surface area contributed by atoms with Crippen LogP contribution in [0.5, 0.6) is 0 Å². The molecule has 108 valence electrons. The second-order valence-electron chi connectivity index (χ2n) is 5.01. The van der Waals surface area contributed by atoms with Crippen LogP contribution in [0.2, 0.25) is 0 Å². The monoisotopic (exact) mass is 336 g/mol. The SMILES string of the molecule is CC.O=C1NC2(CCCCC2)N=C1c1ccc(Br)cc1. The molecule has 0 aromatic heterocycles. The fraction of sp³-hybridized carbons (Fsp3) is 0.500. The van der Waals surface area contributed by atoms with Gasteiger partial charge in [0, 0.05) is 10.0 Å². The number of hydrogen-bond donors (Lipinski definition) is 1. The molecule has 0 bridgehead atoms. The Balaban J connectivity index is 0.000000704. The van der Waals surface area contributed by atoms with Crippen LogP contribution in [-0.2, 0) is 4.79 Å². The quantitative estimate of drug-likeness (QED) is 0.825. The molecule has 1 aromatic rings. The highest BCUT2D eigenvalue weighted by Gasteiger charge is 2.40. The molecule has 4 heteroatoms.